The lowest BCUT2D eigenvalue weighted by Crippen LogP contribution is -2.26. The zero-order chi connectivity index (χ0) is 23.3. The van der Waals surface area contributed by atoms with Gasteiger partial charge in [0.15, 0.2) is 5.82 Å². The Morgan fingerprint density at radius 2 is 2.09 bits per heavy atom. The van der Waals surface area contributed by atoms with Gasteiger partial charge in [0.25, 0.3) is 0 Å². The monoisotopic (exact) mass is 435 g/mol. The zero-order valence-corrected chi connectivity index (χ0v) is 19.9. The predicted molar refractivity (Wildman–Crippen MR) is 134 cm³/mol. The van der Waals surface area contributed by atoms with Crippen LogP contribution in [0.1, 0.15) is 55.8 Å². The second-order valence-corrected chi connectivity index (χ2v) is 9.22. The summed E-state index contributed by atoms with van der Waals surface area (Å²) in [4.78, 5) is 4.71. The molecule has 1 fully saturated rings. The number of anilines is 2. The van der Waals surface area contributed by atoms with Crippen molar-refractivity contribution in [2.24, 2.45) is 10.9 Å². The third-order valence-electron chi connectivity index (χ3n) is 5.92. The molecule has 3 N–H and O–H groups in total. The van der Waals surface area contributed by atoms with E-state index >= 15 is 0 Å². The van der Waals surface area contributed by atoms with Crippen LogP contribution >= 0.6 is 0 Å². The molecule has 0 spiro atoms. The number of nitrogens with one attached hydrogen (secondary N) is 3. The van der Waals surface area contributed by atoms with Gasteiger partial charge in [-0.05, 0) is 69.4 Å². The average molecular weight is 435 g/mol. The Hall–Kier alpha value is -2.67. The second kappa shape index (κ2) is 10.8. The van der Waals surface area contributed by atoms with Gasteiger partial charge < -0.3 is 10.5 Å². The molecule has 0 aliphatic heterocycles. The van der Waals surface area contributed by atoms with Gasteiger partial charge in [-0.1, -0.05) is 26.3 Å². The van der Waals surface area contributed by atoms with Gasteiger partial charge >= 0.3 is 0 Å². The molecule has 2 unspecified atom stereocenters. The van der Waals surface area contributed by atoms with Crippen molar-refractivity contribution < 1.29 is 4.39 Å². The number of halogens is 1. The fraction of sp³-hybridized carbons (Fsp3) is 0.440. The maximum atomic E-state index is 14.6. The number of allylic oxidation sites excluding steroid dienone is 3. The first-order valence-electron chi connectivity index (χ1n) is 11.5. The Kier molecular flexibility index (Phi) is 8.07. The highest BCUT2D eigenvalue weighted by molar-refractivity contribution is 6.52. The van der Waals surface area contributed by atoms with Gasteiger partial charge in [0.1, 0.15) is 5.82 Å². The lowest BCUT2D eigenvalue weighted by Gasteiger charge is -2.13. The summed E-state index contributed by atoms with van der Waals surface area (Å²) in [5, 5.41) is 14.1. The number of benzene rings is 1. The first-order valence-corrected chi connectivity index (χ1v) is 11.5. The molecule has 32 heavy (non-hydrogen) atoms. The van der Waals surface area contributed by atoms with Gasteiger partial charge in [-0.2, -0.15) is 5.10 Å². The Bertz CT molecular complexity index is 1000. The Labute approximate surface area is 191 Å². The van der Waals surface area contributed by atoms with E-state index in [2.05, 4.69) is 41.0 Å². The minimum Gasteiger partial charge on any atom is -0.352 e. The summed E-state index contributed by atoms with van der Waals surface area (Å²) < 4.78 is 14.6. The van der Waals surface area contributed by atoms with Crippen LogP contribution in [0.2, 0.25) is 13.6 Å². The summed E-state index contributed by atoms with van der Waals surface area (Å²) >= 11 is 0. The van der Waals surface area contributed by atoms with E-state index in [0.29, 0.717) is 36.7 Å². The van der Waals surface area contributed by atoms with Gasteiger partial charge in [0.2, 0.25) is 6.85 Å². The number of aromatic amines is 1. The van der Waals surface area contributed by atoms with Crippen LogP contribution in [0.3, 0.4) is 0 Å². The molecule has 3 rings (SSSR count). The lowest BCUT2D eigenvalue weighted by molar-refractivity contribution is 0.611. The van der Waals surface area contributed by atoms with Gasteiger partial charge in [-0.3, -0.25) is 10.1 Å². The molecule has 1 heterocycles. The highest BCUT2D eigenvalue weighted by Crippen LogP contribution is 2.42. The van der Waals surface area contributed by atoms with Crippen molar-refractivity contribution in [1.82, 2.24) is 15.4 Å². The van der Waals surface area contributed by atoms with E-state index in [0.717, 1.165) is 47.5 Å². The van der Waals surface area contributed by atoms with Crippen LogP contribution < -0.4 is 10.5 Å². The topological polar surface area (TPSA) is 65.1 Å². The average Bonchev–Trinajstić information content (AvgIpc) is 3.38. The molecule has 1 aliphatic carbocycles. The standard InChI is InChI=1S/C25H35BFN5/c1-7-8-22(29-16(2)3)18-9-10-19(12-18)23-14-25(32-31-23)30-24-13-20(15-28-26(5)6)17(4)11-21(24)27/h7-8,11,13-14,18-19,28H,1,9-10,12,15H2,2-6H3,(H2,30,31,32)/b22-8-. The van der Waals surface area contributed by atoms with Crippen molar-refractivity contribution in [3.8, 4) is 0 Å². The quantitative estimate of drug-likeness (QED) is 0.243. The maximum absolute atomic E-state index is 14.6. The highest BCUT2D eigenvalue weighted by atomic mass is 19.1. The first kappa shape index (κ1) is 24.0. The SMILES string of the molecule is C=C/C=C(\N=C(C)C)C1CCC(c2cc(Nc3cc(CNB(C)C)c(C)cc3F)n[nH]2)C1. The fourth-order valence-corrected chi connectivity index (χ4v) is 4.24. The molecule has 0 radical (unpaired) electrons. The van der Waals surface area contributed by atoms with Crippen LogP contribution in [0, 0.1) is 18.7 Å². The van der Waals surface area contributed by atoms with Crippen LogP contribution in [-0.4, -0.2) is 22.8 Å². The minimum absolute atomic E-state index is 0.270. The summed E-state index contributed by atoms with van der Waals surface area (Å²) in [5.41, 5.74) is 5.70. The molecule has 2 atom stereocenters. The van der Waals surface area contributed by atoms with Crippen molar-refractivity contribution in [3.05, 3.63) is 65.3 Å². The second-order valence-electron chi connectivity index (χ2n) is 9.22. The van der Waals surface area contributed by atoms with Crippen molar-refractivity contribution in [3.63, 3.8) is 0 Å². The third kappa shape index (κ3) is 6.19. The molecular formula is C25H35BFN5. The number of H-pyrrole nitrogens is 1. The number of hydrogen-bond donors (Lipinski definition) is 3. The molecule has 1 aliphatic rings. The van der Waals surface area contributed by atoms with Gasteiger partial charge in [-0.15, -0.1) is 0 Å². The number of hydrogen-bond acceptors (Lipinski definition) is 4. The number of aromatic nitrogens is 2. The van der Waals surface area contributed by atoms with Crippen LogP contribution in [0.5, 0.6) is 0 Å². The zero-order valence-electron chi connectivity index (χ0n) is 19.9. The molecule has 0 saturated heterocycles. The van der Waals surface area contributed by atoms with E-state index in [1.165, 1.54) is 0 Å². The smallest absolute Gasteiger partial charge is 0.214 e. The molecular weight excluding hydrogens is 400 g/mol. The molecule has 2 aromatic rings. The van der Waals surface area contributed by atoms with Crippen LogP contribution in [0.4, 0.5) is 15.9 Å². The van der Waals surface area contributed by atoms with Crippen LogP contribution in [-0.2, 0) is 6.54 Å². The Balaban J connectivity index is 1.70. The largest absolute Gasteiger partial charge is 0.352 e. The molecule has 0 amide bonds. The maximum Gasteiger partial charge on any atom is 0.214 e. The van der Waals surface area contributed by atoms with Crippen molar-refractivity contribution in [1.29, 1.82) is 0 Å². The third-order valence-corrected chi connectivity index (χ3v) is 5.92. The summed E-state index contributed by atoms with van der Waals surface area (Å²) in [6.07, 6.45) is 7.01. The van der Waals surface area contributed by atoms with Gasteiger partial charge in [-0.25, -0.2) is 4.39 Å². The van der Waals surface area contributed by atoms with Crippen LogP contribution in [0.25, 0.3) is 0 Å². The number of rotatable bonds is 9. The Morgan fingerprint density at radius 1 is 1.31 bits per heavy atom. The van der Waals surface area contributed by atoms with Gasteiger partial charge in [0.05, 0.1) is 5.69 Å². The first-order chi connectivity index (χ1) is 15.3. The summed E-state index contributed by atoms with van der Waals surface area (Å²) in [7, 11) is 0. The van der Waals surface area contributed by atoms with Gasteiger partial charge in [0, 0.05) is 41.5 Å². The predicted octanol–water partition coefficient (Wildman–Crippen LogP) is 6.38. The summed E-state index contributed by atoms with van der Waals surface area (Å²) in [6, 6.07) is 5.46. The lowest BCUT2D eigenvalue weighted by atomic mass is 9.68. The van der Waals surface area contributed by atoms with E-state index in [1.807, 2.05) is 45.1 Å². The molecule has 5 nitrogen and oxygen atoms in total. The normalized spacial score (nSPS) is 18.5. The van der Waals surface area contributed by atoms with E-state index in [4.69, 9.17) is 4.99 Å². The number of aryl methyl sites for hydroxylation is 1. The molecule has 1 aromatic heterocycles. The molecule has 1 aromatic carbocycles. The van der Waals surface area contributed by atoms with E-state index in [-0.39, 0.29) is 5.82 Å². The molecule has 0 bridgehead atoms. The fourth-order valence-electron chi connectivity index (χ4n) is 4.24. The summed E-state index contributed by atoms with van der Waals surface area (Å²) in [5.74, 6) is 1.17. The Morgan fingerprint density at radius 3 is 2.78 bits per heavy atom. The van der Waals surface area contributed by atoms with Crippen LogP contribution in [0.15, 0.2) is 47.6 Å². The van der Waals surface area contributed by atoms with E-state index < -0.39 is 0 Å². The van der Waals surface area contributed by atoms with Crippen molar-refractivity contribution >= 4 is 24.1 Å². The molecule has 7 heteroatoms. The molecule has 1 saturated carbocycles. The van der Waals surface area contributed by atoms with Crippen molar-refractivity contribution in [2.75, 3.05) is 5.32 Å². The number of aliphatic imine (C=N–C) groups is 1. The summed E-state index contributed by atoms with van der Waals surface area (Å²) in [6.45, 7) is 15.1. The van der Waals surface area contributed by atoms with E-state index in [1.54, 1.807) is 6.07 Å². The number of nitrogens with zero attached hydrogens (tertiary/aromatic N) is 2. The van der Waals surface area contributed by atoms with E-state index in [9.17, 15) is 4.39 Å². The highest BCUT2D eigenvalue weighted by Gasteiger charge is 2.29. The molecule has 170 valence electrons. The van der Waals surface area contributed by atoms with Crippen molar-refractivity contribution in [2.45, 2.75) is 66.1 Å². The minimum atomic E-state index is -0.270.